The molecule has 162 valence electrons. The lowest BCUT2D eigenvalue weighted by Crippen LogP contribution is -2.32. The Hall–Kier alpha value is -3.97. The van der Waals surface area contributed by atoms with Crippen LogP contribution in [0.4, 0.5) is 5.69 Å². The van der Waals surface area contributed by atoms with E-state index in [0.717, 1.165) is 11.1 Å². The Morgan fingerprint density at radius 3 is 2.38 bits per heavy atom. The van der Waals surface area contributed by atoms with Crippen LogP contribution in [0.1, 0.15) is 27.0 Å². The maximum Gasteiger partial charge on any atom is 0.343 e. The monoisotopic (exact) mass is 449 g/mol. The van der Waals surface area contributed by atoms with Gasteiger partial charge in [-0.1, -0.05) is 47.5 Å². The average molecular weight is 450 g/mol. The number of amides is 2. The fourth-order valence-corrected chi connectivity index (χ4v) is 2.78. The van der Waals surface area contributed by atoms with Gasteiger partial charge in [-0.2, -0.15) is 5.10 Å². The van der Waals surface area contributed by atoms with Crippen molar-refractivity contribution >= 4 is 41.3 Å². The minimum Gasteiger partial charge on any atom is -0.422 e. The molecule has 0 fully saturated rings. The van der Waals surface area contributed by atoms with Crippen molar-refractivity contribution in [3.8, 4) is 5.75 Å². The summed E-state index contributed by atoms with van der Waals surface area (Å²) >= 11 is 6.01. The first-order valence-corrected chi connectivity index (χ1v) is 9.99. The summed E-state index contributed by atoms with van der Waals surface area (Å²) in [5.74, 6) is -2.13. The quantitative estimate of drug-likeness (QED) is 0.200. The molecule has 0 spiro atoms. The Bertz CT molecular complexity index is 1190. The Kier molecular flexibility index (Phi) is 7.36. The van der Waals surface area contributed by atoms with Crippen LogP contribution in [0.15, 0.2) is 71.8 Å². The molecule has 0 saturated carbocycles. The lowest BCUT2D eigenvalue weighted by molar-refractivity contribution is -0.136. The Morgan fingerprint density at radius 1 is 0.938 bits per heavy atom. The van der Waals surface area contributed by atoms with E-state index in [2.05, 4.69) is 15.8 Å². The van der Waals surface area contributed by atoms with Gasteiger partial charge >= 0.3 is 17.8 Å². The average Bonchev–Trinajstić information content (AvgIpc) is 2.77. The molecule has 0 heterocycles. The van der Waals surface area contributed by atoms with E-state index in [0.29, 0.717) is 21.8 Å². The Balaban J connectivity index is 1.62. The second-order valence-corrected chi connectivity index (χ2v) is 7.32. The van der Waals surface area contributed by atoms with Crippen molar-refractivity contribution < 1.29 is 19.1 Å². The third kappa shape index (κ3) is 6.02. The van der Waals surface area contributed by atoms with E-state index in [1.54, 1.807) is 54.6 Å². The van der Waals surface area contributed by atoms with Gasteiger partial charge < -0.3 is 10.1 Å². The largest absolute Gasteiger partial charge is 0.422 e. The maximum atomic E-state index is 12.4. The van der Waals surface area contributed by atoms with Gasteiger partial charge in [0, 0.05) is 16.3 Å². The highest BCUT2D eigenvalue weighted by molar-refractivity contribution is 6.39. The zero-order valence-electron chi connectivity index (χ0n) is 17.4. The van der Waals surface area contributed by atoms with E-state index >= 15 is 0 Å². The van der Waals surface area contributed by atoms with E-state index in [-0.39, 0.29) is 5.75 Å². The number of benzene rings is 3. The van der Waals surface area contributed by atoms with Crippen LogP contribution in [0.3, 0.4) is 0 Å². The van der Waals surface area contributed by atoms with E-state index in [4.69, 9.17) is 16.3 Å². The molecule has 3 aromatic rings. The number of halogens is 1. The number of rotatable bonds is 5. The highest BCUT2D eigenvalue weighted by Gasteiger charge is 2.14. The number of nitrogens with one attached hydrogen (secondary N) is 2. The highest BCUT2D eigenvalue weighted by Crippen LogP contribution is 2.20. The van der Waals surface area contributed by atoms with Crippen LogP contribution in [0.25, 0.3) is 0 Å². The van der Waals surface area contributed by atoms with Gasteiger partial charge in [-0.25, -0.2) is 10.2 Å². The molecule has 0 saturated heterocycles. The van der Waals surface area contributed by atoms with Gasteiger partial charge in [0.05, 0.1) is 11.8 Å². The van der Waals surface area contributed by atoms with Crippen molar-refractivity contribution in [2.24, 2.45) is 5.10 Å². The molecule has 0 atom stereocenters. The lowest BCUT2D eigenvalue weighted by atomic mass is 10.1. The van der Waals surface area contributed by atoms with Crippen LogP contribution in [0, 0.1) is 13.8 Å². The zero-order valence-corrected chi connectivity index (χ0v) is 18.1. The standard InChI is InChI=1S/C24H20ClN3O4/c1-15-7-10-17(11-8-15)24(31)32-21-6-4-3-5-18(21)14-26-28-23(30)22(29)27-19-12-9-16(2)20(25)13-19/h3-14H,1-2H3,(H,27,29)(H,28,30)/b26-14+. The topological polar surface area (TPSA) is 96.9 Å². The van der Waals surface area contributed by atoms with Crippen molar-refractivity contribution in [2.75, 3.05) is 5.32 Å². The third-order valence-corrected chi connectivity index (χ3v) is 4.82. The fourth-order valence-electron chi connectivity index (χ4n) is 2.60. The number of esters is 1. The third-order valence-electron chi connectivity index (χ3n) is 4.41. The van der Waals surface area contributed by atoms with Gasteiger partial charge in [0.2, 0.25) is 0 Å². The predicted octanol–water partition coefficient (Wildman–Crippen LogP) is 4.26. The summed E-state index contributed by atoms with van der Waals surface area (Å²) in [5.41, 5.74) is 5.25. The molecule has 8 heteroatoms. The van der Waals surface area contributed by atoms with Gasteiger partial charge in [0.15, 0.2) is 0 Å². The molecule has 3 rings (SSSR count). The van der Waals surface area contributed by atoms with Crippen LogP contribution >= 0.6 is 11.6 Å². The zero-order chi connectivity index (χ0) is 23.1. The summed E-state index contributed by atoms with van der Waals surface area (Å²) in [4.78, 5) is 36.4. The maximum absolute atomic E-state index is 12.4. The van der Waals surface area contributed by atoms with Gasteiger partial charge in [-0.3, -0.25) is 9.59 Å². The summed E-state index contributed by atoms with van der Waals surface area (Å²) in [6, 6.07) is 18.6. The van der Waals surface area contributed by atoms with Gasteiger partial charge in [-0.05, 0) is 55.8 Å². The second-order valence-electron chi connectivity index (χ2n) is 6.91. The van der Waals surface area contributed by atoms with Crippen LogP contribution in [-0.4, -0.2) is 24.0 Å². The van der Waals surface area contributed by atoms with E-state index in [9.17, 15) is 14.4 Å². The first-order valence-electron chi connectivity index (χ1n) is 9.62. The molecule has 0 unspecified atom stereocenters. The molecule has 32 heavy (non-hydrogen) atoms. The van der Waals surface area contributed by atoms with Crippen LogP contribution in [0.5, 0.6) is 5.75 Å². The second kappa shape index (κ2) is 10.4. The summed E-state index contributed by atoms with van der Waals surface area (Å²) in [6.07, 6.45) is 1.28. The highest BCUT2D eigenvalue weighted by atomic mass is 35.5. The smallest absolute Gasteiger partial charge is 0.343 e. The summed E-state index contributed by atoms with van der Waals surface area (Å²) in [6.45, 7) is 3.75. The van der Waals surface area contributed by atoms with Crippen LogP contribution in [0.2, 0.25) is 5.02 Å². The molecule has 3 aromatic carbocycles. The number of nitrogens with zero attached hydrogens (tertiary/aromatic N) is 1. The van der Waals surface area contributed by atoms with Gasteiger partial charge in [-0.15, -0.1) is 0 Å². The minimum atomic E-state index is -0.966. The number of para-hydroxylation sites is 1. The number of carbonyl (C=O) groups is 3. The number of anilines is 1. The van der Waals surface area contributed by atoms with Crippen molar-refractivity contribution in [2.45, 2.75) is 13.8 Å². The number of aryl methyl sites for hydroxylation is 2. The normalized spacial score (nSPS) is 10.6. The predicted molar refractivity (Wildman–Crippen MR) is 123 cm³/mol. The molecule has 0 aliphatic rings. The summed E-state index contributed by atoms with van der Waals surface area (Å²) < 4.78 is 5.44. The molecule has 0 aliphatic carbocycles. The number of carbonyl (C=O) groups excluding carboxylic acids is 3. The summed E-state index contributed by atoms with van der Waals surface area (Å²) in [7, 11) is 0. The Labute approximate surface area is 190 Å². The molecular weight excluding hydrogens is 430 g/mol. The van der Waals surface area contributed by atoms with Gasteiger partial charge in [0.1, 0.15) is 5.75 Å². The van der Waals surface area contributed by atoms with Crippen molar-refractivity contribution in [1.29, 1.82) is 0 Å². The first-order chi connectivity index (χ1) is 15.3. The van der Waals surface area contributed by atoms with Crippen LogP contribution in [-0.2, 0) is 9.59 Å². The summed E-state index contributed by atoms with van der Waals surface area (Å²) in [5, 5.41) is 6.70. The first kappa shape index (κ1) is 22.7. The van der Waals surface area contributed by atoms with E-state index < -0.39 is 17.8 Å². The van der Waals surface area contributed by atoms with Crippen molar-refractivity contribution in [3.63, 3.8) is 0 Å². The van der Waals surface area contributed by atoms with Crippen molar-refractivity contribution in [3.05, 3.63) is 94.0 Å². The van der Waals surface area contributed by atoms with Gasteiger partial charge in [0.25, 0.3) is 0 Å². The molecule has 2 N–H and O–H groups in total. The lowest BCUT2D eigenvalue weighted by Gasteiger charge is -2.08. The Morgan fingerprint density at radius 2 is 1.66 bits per heavy atom. The number of hydrogen-bond acceptors (Lipinski definition) is 5. The number of hydrazone groups is 1. The molecule has 2 amide bonds. The fraction of sp³-hybridized carbons (Fsp3) is 0.0833. The SMILES string of the molecule is Cc1ccc(C(=O)Oc2ccccc2/C=N/NC(=O)C(=O)Nc2ccc(C)c(Cl)c2)cc1. The molecule has 0 radical (unpaired) electrons. The van der Waals surface area contributed by atoms with E-state index in [1.165, 1.54) is 6.21 Å². The molecular formula is C24H20ClN3O4. The molecule has 7 nitrogen and oxygen atoms in total. The molecule has 0 aliphatic heterocycles. The van der Waals surface area contributed by atoms with Crippen LogP contribution < -0.4 is 15.5 Å². The van der Waals surface area contributed by atoms with Crippen molar-refractivity contribution in [1.82, 2.24) is 5.43 Å². The minimum absolute atomic E-state index is 0.259. The molecule has 0 aromatic heterocycles. The number of ether oxygens (including phenoxy) is 1. The number of hydrogen-bond donors (Lipinski definition) is 2. The molecule has 0 bridgehead atoms. The van der Waals surface area contributed by atoms with E-state index in [1.807, 2.05) is 26.0 Å².